The Kier molecular flexibility index (Phi) is 10.0. The van der Waals surface area contributed by atoms with Gasteiger partial charge in [0.1, 0.15) is 29.9 Å². The van der Waals surface area contributed by atoms with Crippen LogP contribution in [0.5, 0.6) is 5.75 Å². The van der Waals surface area contributed by atoms with Crippen LogP contribution >= 0.6 is 7.75 Å². The third-order valence-corrected chi connectivity index (χ3v) is 8.50. The normalized spacial score (nSPS) is 22.2. The van der Waals surface area contributed by atoms with E-state index in [1.807, 2.05) is 0 Å². The van der Waals surface area contributed by atoms with Crippen LogP contribution in [0.15, 0.2) is 64.3 Å². The highest BCUT2D eigenvalue weighted by molar-refractivity contribution is 7.52. The molecule has 1 saturated heterocycles. The van der Waals surface area contributed by atoms with Crippen LogP contribution in [0.25, 0.3) is 11.1 Å². The molecule has 4 rings (SSSR count). The maximum atomic E-state index is 14.1. The molecule has 3 N–H and O–H groups in total. The second-order valence-corrected chi connectivity index (χ2v) is 12.3. The Morgan fingerprint density at radius 3 is 2.44 bits per heavy atom. The number of ether oxygens (including phenoxy) is 2. The van der Waals surface area contributed by atoms with Crippen molar-refractivity contribution in [2.75, 3.05) is 6.61 Å². The van der Waals surface area contributed by atoms with Crippen molar-refractivity contribution in [3.8, 4) is 16.9 Å². The molecule has 2 aromatic carbocycles. The van der Waals surface area contributed by atoms with Crippen molar-refractivity contribution < 1.29 is 37.4 Å². The number of aliphatic hydroxyl groups excluding tert-OH is 1. The quantitative estimate of drug-likeness (QED) is 0.214. The fraction of sp³-hybridized carbons (Fsp3) is 0.414. The SMILES string of the molecule is Cc1ccc(-c2ccc(OP(=O)(NC(C)C(=O)OC(C)C)OCC3OC(n4ccc(=O)[nH]c4=O)C(C)C3O)cc2)cc1F. The Labute approximate surface area is 247 Å². The minimum atomic E-state index is -4.32. The van der Waals surface area contributed by atoms with Gasteiger partial charge in [0.25, 0.3) is 5.56 Å². The molecule has 232 valence electrons. The van der Waals surface area contributed by atoms with Crippen LogP contribution in [0.1, 0.15) is 39.5 Å². The van der Waals surface area contributed by atoms with Gasteiger partial charge in [0.05, 0.1) is 18.8 Å². The molecule has 1 aromatic heterocycles. The van der Waals surface area contributed by atoms with E-state index < -0.39 is 68.1 Å². The predicted octanol–water partition coefficient (Wildman–Crippen LogP) is 3.68. The topological polar surface area (TPSA) is 158 Å². The van der Waals surface area contributed by atoms with E-state index in [2.05, 4.69) is 10.1 Å². The van der Waals surface area contributed by atoms with E-state index in [4.69, 9.17) is 18.5 Å². The summed E-state index contributed by atoms with van der Waals surface area (Å²) in [5.41, 5.74) is 0.531. The Morgan fingerprint density at radius 1 is 1.14 bits per heavy atom. The van der Waals surface area contributed by atoms with Crippen LogP contribution in [-0.2, 0) is 23.4 Å². The number of carbonyl (C=O) groups is 1. The molecule has 0 aliphatic carbocycles. The van der Waals surface area contributed by atoms with Crippen LogP contribution in [0.2, 0.25) is 0 Å². The van der Waals surface area contributed by atoms with Gasteiger partial charge >= 0.3 is 19.4 Å². The number of halogens is 1. The van der Waals surface area contributed by atoms with Crippen molar-refractivity contribution in [2.45, 2.75) is 65.2 Å². The third kappa shape index (κ3) is 7.87. The van der Waals surface area contributed by atoms with E-state index in [0.29, 0.717) is 16.7 Å². The van der Waals surface area contributed by atoms with Gasteiger partial charge in [-0.05, 0) is 62.6 Å². The Balaban J connectivity index is 1.53. The molecule has 0 saturated carbocycles. The molecular weight excluding hydrogens is 584 g/mol. The fourth-order valence-corrected chi connectivity index (χ4v) is 5.98. The van der Waals surface area contributed by atoms with Crippen molar-refractivity contribution in [1.29, 1.82) is 0 Å². The molecule has 1 aliphatic heterocycles. The highest BCUT2D eigenvalue weighted by Gasteiger charge is 2.44. The number of esters is 1. The average molecular weight is 620 g/mol. The zero-order valence-corrected chi connectivity index (χ0v) is 25.2. The molecule has 6 atom stereocenters. The van der Waals surface area contributed by atoms with Crippen LogP contribution in [0, 0.1) is 18.7 Å². The maximum Gasteiger partial charge on any atom is 0.459 e. The molecule has 1 aliphatic rings. The lowest BCUT2D eigenvalue weighted by Gasteiger charge is -2.25. The molecule has 3 aromatic rings. The van der Waals surface area contributed by atoms with E-state index in [-0.39, 0.29) is 11.6 Å². The van der Waals surface area contributed by atoms with Gasteiger partial charge < -0.3 is 19.1 Å². The molecule has 12 nitrogen and oxygen atoms in total. The monoisotopic (exact) mass is 619 g/mol. The lowest BCUT2D eigenvalue weighted by Crippen LogP contribution is -2.37. The second kappa shape index (κ2) is 13.4. The number of aliphatic hydroxyl groups is 1. The van der Waals surface area contributed by atoms with Crippen molar-refractivity contribution in [1.82, 2.24) is 14.6 Å². The summed E-state index contributed by atoms with van der Waals surface area (Å²) >= 11 is 0. The van der Waals surface area contributed by atoms with Gasteiger partial charge in [0, 0.05) is 18.2 Å². The fourth-order valence-electron chi connectivity index (χ4n) is 4.48. The molecule has 0 amide bonds. The highest BCUT2D eigenvalue weighted by Crippen LogP contribution is 2.46. The summed E-state index contributed by atoms with van der Waals surface area (Å²) in [6, 6.07) is 11.2. The third-order valence-electron chi connectivity index (χ3n) is 6.86. The van der Waals surface area contributed by atoms with Gasteiger partial charge in [0.2, 0.25) is 0 Å². The van der Waals surface area contributed by atoms with Gasteiger partial charge in [-0.25, -0.2) is 13.8 Å². The molecule has 14 heteroatoms. The predicted molar refractivity (Wildman–Crippen MR) is 155 cm³/mol. The van der Waals surface area contributed by atoms with Crippen LogP contribution in [0.3, 0.4) is 0 Å². The molecule has 0 spiro atoms. The van der Waals surface area contributed by atoms with Gasteiger partial charge in [0.15, 0.2) is 0 Å². The largest absolute Gasteiger partial charge is 0.462 e. The number of aryl methyl sites for hydroxylation is 1. The number of nitrogens with zero attached hydrogens (tertiary/aromatic N) is 1. The Morgan fingerprint density at radius 2 is 1.81 bits per heavy atom. The highest BCUT2D eigenvalue weighted by atomic mass is 31.2. The van der Waals surface area contributed by atoms with Crippen LogP contribution in [-0.4, -0.2) is 51.6 Å². The standard InChI is InChI=1S/C29H35FN3O9P/c1-16(2)40-28(36)19(5)32-43(38,42-22-10-8-20(9-11-22)21-7-6-17(3)23(30)14-21)39-15-24-26(35)18(4)27(41-24)33-13-12-25(34)31-29(33)37/h6-14,16,18-19,24,26-27,35H,15H2,1-5H3,(H,32,38)(H,31,34,37). The summed E-state index contributed by atoms with van der Waals surface area (Å²) in [6.45, 7) is 7.63. The molecule has 43 heavy (non-hydrogen) atoms. The first-order valence-corrected chi connectivity index (χ1v) is 15.2. The number of rotatable bonds is 11. The first-order valence-electron chi connectivity index (χ1n) is 13.7. The summed E-state index contributed by atoms with van der Waals surface area (Å²) in [6.07, 6.45) is -2.30. The summed E-state index contributed by atoms with van der Waals surface area (Å²) < 4.78 is 51.6. The number of aromatic nitrogens is 2. The second-order valence-electron chi connectivity index (χ2n) is 10.6. The number of hydrogen-bond donors (Lipinski definition) is 3. The van der Waals surface area contributed by atoms with Crippen molar-refractivity contribution in [3.63, 3.8) is 0 Å². The van der Waals surface area contributed by atoms with E-state index in [1.54, 1.807) is 52.0 Å². The van der Waals surface area contributed by atoms with Crippen molar-refractivity contribution in [3.05, 3.63) is 86.9 Å². The first kappa shape index (κ1) is 32.3. The lowest BCUT2D eigenvalue weighted by molar-refractivity contribution is -0.149. The summed E-state index contributed by atoms with van der Waals surface area (Å²) in [5, 5.41) is 13.4. The molecule has 6 unspecified atom stereocenters. The van der Waals surface area contributed by atoms with E-state index in [9.17, 15) is 28.4 Å². The summed E-state index contributed by atoms with van der Waals surface area (Å²) in [7, 11) is -4.32. The van der Waals surface area contributed by atoms with Crippen LogP contribution < -0.4 is 20.9 Å². The van der Waals surface area contributed by atoms with E-state index in [1.165, 1.54) is 31.3 Å². The molecule has 1 fully saturated rings. The number of benzene rings is 2. The van der Waals surface area contributed by atoms with Crippen LogP contribution in [0.4, 0.5) is 4.39 Å². The van der Waals surface area contributed by atoms with Gasteiger partial charge in [-0.15, -0.1) is 0 Å². The van der Waals surface area contributed by atoms with Gasteiger partial charge in [-0.3, -0.25) is 23.7 Å². The lowest BCUT2D eigenvalue weighted by atomic mass is 10.0. The minimum Gasteiger partial charge on any atom is -0.462 e. The Hall–Kier alpha value is -3.61. The number of aromatic amines is 1. The minimum absolute atomic E-state index is 0.121. The number of hydrogen-bond acceptors (Lipinski definition) is 9. The molecule has 0 bridgehead atoms. The van der Waals surface area contributed by atoms with E-state index >= 15 is 0 Å². The molecule has 0 radical (unpaired) electrons. The van der Waals surface area contributed by atoms with Gasteiger partial charge in [-0.1, -0.05) is 31.2 Å². The zero-order chi connectivity index (χ0) is 31.5. The molecular formula is C29H35FN3O9P. The zero-order valence-electron chi connectivity index (χ0n) is 24.4. The van der Waals surface area contributed by atoms with Gasteiger partial charge in [-0.2, -0.15) is 5.09 Å². The summed E-state index contributed by atoms with van der Waals surface area (Å²) in [4.78, 5) is 38.4. The summed E-state index contributed by atoms with van der Waals surface area (Å²) in [5.74, 6) is -1.52. The van der Waals surface area contributed by atoms with Crippen molar-refractivity contribution >= 4 is 13.7 Å². The van der Waals surface area contributed by atoms with E-state index in [0.717, 1.165) is 10.6 Å². The number of nitrogens with one attached hydrogen (secondary N) is 2. The Bertz CT molecular complexity index is 1610. The number of carbonyl (C=O) groups excluding carboxylic acids is 1. The maximum absolute atomic E-state index is 14.1. The molecule has 2 heterocycles. The number of H-pyrrole nitrogens is 1. The van der Waals surface area contributed by atoms with Crippen molar-refractivity contribution in [2.24, 2.45) is 5.92 Å². The first-order chi connectivity index (χ1) is 20.3. The smallest absolute Gasteiger partial charge is 0.459 e. The average Bonchev–Trinajstić information content (AvgIpc) is 3.22.